The molecular weight excluding hydrogens is 404 g/mol. The lowest BCUT2D eigenvalue weighted by Crippen LogP contribution is -2.41. The number of amides is 2. The van der Waals surface area contributed by atoms with E-state index in [1.807, 2.05) is 24.3 Å². The molecule has 0 aliphatic rings. The summed E-state index contributed by atoms with van der Waals surface area (Å²) in [6, 6.07) is 7.61. The van der Waals surface area contributed by atoms with Gasteiger partial charge in [-0.05, 0) is 12.5 Å². The molecule has 1 aromatic heterocycles. The number of hydrazine groups is 1. The number of thiophene rings is 1. The van der Waals surface area contributed by atoms with Crippen LogP contribution in [0, 0.1) is 0 Å². The highest BCUT2D eigenvalue weighted by molar-refractivity contribution is 7.21. The fourth-order valence-corrected chi connectivity index (χ4v) is 4.77. The molecular formula is C23H33ClN2O2S. The SMILES string of the molecule is CCCCCCCCCCCCCC(=O)NNC(=O)c1sc2ccccc2c1Cl. The maximum absolute atomic E-state index is 12.3. The number of unbranched alkanes of at least 4 members (excludes halogenated alkanes) is 10. The highest BCUT2D eigenvalue weighted by atomic mass is 35.5. The number of hydrogen-bond donors (Lipinski definition) is 2. The van der Waals surface area contributed by atoms with Gasteiger partial charge in [-0.2, -0.15) is 0 Å². The summed E-state index contributed by atoms with van der Waals surface area (Å²) in [6.45, 7) is 2.25. The topological polar surface area (TPSA) is 58.2 Å². The van der Waals surface area contributed by atoms with Crippen molar-refractivity contribution in [3.8, 4) is 0 Å². The smallest absolute Gasteiger partial charge is 0.273 e. The molecule has 2 N–H and O–H groups in total. The summed E-state index contributed by atoms with van der Waals surface area (Å²) in [4.78, 5) is 24.7. The van der Waals surface area contributed by atoms with E-state index in [0.29, 0.717) is 16.3 Å². The maximum Gasteiger partial charge on any atom is 0.281 e. The van der Waals surface area contributed by atoms with Gasteiger partial charge in [-0.25, -0.2) is 0 Å². The van der Waals surface area contributed by atoms with Crippen molar-refractivity contribution in [1.29, 1.82) is 0 Å². The third kappa shape index (κ3) is 8.35. The molecule has 2 aromatic rings. The highest BCUT2D eigenvalue weighted by Crippen LogP contribution is 2.34. The number of hydrogen-bond acceptors (Lipinski definition) is 3. The zero-order valence-electron chi connectivity index (χ0n) is 17.4. The number of carbonyl (C=O) groups excluding carboxylic acids is 2. The number of carbonyl (C=O) groups is 2. The van der Waals surface area contributed by atoms with Gasteiger partial charge in [-0.15, -0.1) is 11.3 Å². The van der Waals surface area contributed by atoms with Crippen LogP contribution < -0.4 is 10.9 Å². The molecule has 160 valence electrons. The number of halogens is 1. The summed E-state index contributed by atoms with van der Waals surface area (Å²) in [6.07, 6.45) is 14.1. The van der Waals surface area contributed by atoms with Crippen molar-refractivity contribution in [1.82, 2.24) is 10.9 Å². The molecule has 0 atom stereocenters. The number of benzene rings is 1. The van der Waals surface area contributed by atoms with Gasteiger partial charge < -0.3 is 0 Å². The van der Waals surface area contributed by atoms with E-state index >= 15 is 0 Å². The standard InChI is InChI=1S/C23H33ClN2O2S/c1-2-3-4-5-6-7-8-9-10-11-12-17-20(27)25-26-23(28)22-21(24)18-15-13-14-16-19(18)29-22/h13-16H,2-12,17H2,1H3,(H,25,27)(H,26,28). The van der Waals surface area contributed by atoms with E-state index in [4.69, 9.17) is 11.6 Å². The first-order chi connectivity index (χ1) is 14.1. The van der Waals surface area contributed by atoms with Crippen molar-refractivity contribution in [3.05, 3.63) is 34.2 Å². The van der Waals surface area contributed by atoms with Crippen molar-refractivity contribution < 1.29 is 9.59 Å². The summed E-state index contributed by atoms with van der Waals surface area (Å²) in [7, 11) is 0. The Balaban J connectivity index is 1.53. The van der Waals surface area contributed by atoms with Gasteiger partial charge in [0.25, 0.3) is 5.91 Å². The van der Waals surface area contributed by atoms with Crippen molar-refractivity contribution in [2.24, 2.45) is 0 Å². The van der Waals surface area contributed by atoms with Crippen LogP contribution in [0.5, 0.6) is 0 Å². The van der Waals surface area contributed by atoms with Gasteiger partial charge >= 0.3 is 0 Å². The van der Waals surface area contributed by atoms with Crippen LogP contribution in [0.15, 0.2) is 24.3 Å². The minimum atomic E-state index is -0.372. The summed E-state index contributed by atoms with van der Waals surface area (Å²) in [5.41, 5.74) is 4.98. The van der Waals surface area contributed by atoms with Gasteiger partial charge in [-0.1, -0.05) is 101 Å². The molecule has 0 saturated carbocycles. The van der Waals surface area contributed by atoms with E-state index in [1.54, 1.807) is 0 Å². The quantitative estimate of drug-likeness (QED) is 0.262. The second-order valence-electron chi connectivity index (χ2n) is 7.53. The molecule has 1 aromatic carbocycles. The lowest BCUT2D eigenvalue weighted by Gasteiger charge is -2.07. The first-order valence-corrected chi connectivity index (χ1v) is 12.1. The van der Waals surface area contributed by atoms with E-state index < -0.39 is 0 Å². The molecule has 6 heteroatoms. The molecule has 29 heavy (non-hydrogen) atoms. The van der Waals surface area contributed by atoms with Crippen molar-refractivity contribution in [2.45, 2.75) is 84.0 Å². The van der Waals surface area contributed by atoms with Crippen LogP contribution >= 0.6 is 22.9 Å². The van der Waals surface area contributed by atoms with Crippen molar-refractivity contribution in [2.75, 3.05) is 0 Å². The molecule has 4 nitrogen and oxygen atoms in total. The van der Waals surface area contributed by atoms with Gasteiger partial charge in [0.05, 0.1) is 5.02 Å². The summed E-state index contributed by atoms with van der Waals surface area (Å²) >= 11 is 7.61. The molecule has 0 fully saturated rings. The molecule has 1 heterocycles. The summed E-state index contributed by atoms with van der Waals surface area (Å²) in [5.74, 6) is -0.532. The van der Waals surface area contributed by atoms with Crippen molar-refractivity contribution >= 4 is 44.8 Å². The minimum Gasteiger partial charge on any atom is -0.273 e. The van der Waals surface area contributed by atoms with Crippen LogP contribution in [0.3, 0.4) is 0 Å². The Morgan fingerprint density at radius 1 is 0.862 bits per heavy atom. The predicted octanol–water partition coefficient (Wildman–Crippen LogP) is 7.02. The van der Waals surface area contributed by atoms with Crippen LogP contribution in [-0.2, 0) is 4.79 Å². The normalized spacial score (nSPS) is 11.0. The fourth-order valence-electron chi connectivity index (χ4n) is 3.36. The zero-order valence-corrected chi connectivity index (χ0v) is 19.0. The van der Waals surface area contributed by atoms with Gasteiger partial charge in [0.2, 0.25) is 5.91 Å². The number of fused-ring (bicyclic) bond motifs is 1. The van der Waals surface area contributed by atoms with Gasteiger partial charge in [0.15, 0.2) is 0 Å². The molecule has 0 bridgehead atoms. The van der Waals surface area contributed by atoms with E-state index in [0.717, 1.165) is 22.9 Å². The zero-order chi connectivity index (χ0) is 20.9. The van der Waals surface area contributed by atoms with Gasteiger partial charge in [0.1, 0.15) is 4.88 Å². The molecule has 2 rings (SSSR count). The predicted molar refractivity (Wildman–Crippen MR) is 124 cm³/mol. The molecule has 0 aliphatic carbocycles. The molecule has 0 unspecified atom stereocenters. The van der Waals surface area contributed by atoms with Crippen LogP contribution in [0.2, 0.25) is 5.02 Å². The fraction of sp³-hybridized carbons (Fsp3) is 0.565. The van der Waals surface area contributed by atoms with Crippen LogP contribution in [-0.4, -0.2) is 11.8 Å². The van der Waals surface area contributed by atoms with Crippen LogP contribution in [0.25, 0.3) is 10.1 Å². The molecule has 0 aliphatic heterocycles. The Bertz CT molecular complexity index is 775. The summed E-state index contributed by atoms with van der Waals surface area (Å²) in [5, 5.41) is 1.29. The highest BCUT2D eigenvalue weighted by Gasteiger charge is 2.17. The minimum absolute atomic E-state index is 0.161. The lowest BCUT2D eigenvalue weighted by molar-refractivity contribution is -0.122. The third-order valence-electron chi connectivity index (χ3n) is 5.06. The maximum atomic E-state index is 12.3. The van der Waals surface area contributed by atoms with Gasteiger partial charge in [0, 0.05) is 16.5 Å². The van der Waals surface area contributed by atoms with E-state index in [9.17, 15) is 9.59 Å². The first kappa shape index (κ1) is 23.7. The average Bonchev–Trinajstić information content (AvgIpc) is 3.07. The van der Waals surface area contributed by atoms with E-state index in [1.165, 1.54) is 69.1 Å². The Hall–Kier alpha value is -1.59. The Kier molecular flexibility index (Phi) is 11.1. The Labute approximate surface area is 183 Å². The molecule has 0 spiro atoms. The van der Waals surface area contributed by atoms with Crippen LogP contribution in [0.1, 0.15) is 93.6 Å². The number of nitrogens with one attached hydrogen (secondary N) is 2. The lowest BCUT2D eigenvalue weighted by atomic mass is 10.1. The third-order valence-corrected chi connectivity index (χ3v) is 6.74. The second kappa shape index (κ2) is 13.6. The van der Waals surface area contributed by atoms with E-state index in [-0.39, 0.29) is 11.8 Å². The Morgan fingerprint density at radius 3 is 2.07 bits per heavy atom. The monoisotopic (exact) mass is 436 g/mol. The first-order valence-electron chi connectivity index (χ1n) is 10.9. The Morgan fingerprint density at radius 2 is 1.45 bits per heavy atom. The largest absolute Gasteiger partial charge is 0.281 e. The van der Waals surface area contributed by atoms with Crippen molar-refractivity contribution in [3.63, 3.8) is 0 Å². The van der Waals surface area contributed by atoms with Crippen LogP contribution in [0.4, 0.5) is 0 Å². The molecule has 0 radical (unpaired) electrons. The second-order valence-corrected chi connectivity index (χ2v) is 8.96. The van der Waals surface area contributed by atoms with Gasteiger partial charge in [-0.3, -0.25) is 20.4 Å². The molecule has 0 saturated heterocycles. The number of rotatable bonds is 13. The molecule has 2 amide bonds. The average molecular weight is 437 g/mol. The van der Waals surface area contributed by atoms with E-state index in [2.05, 4.69) is 17.8 Å². The summed E-state index contributed by atoms with van der Waals surface area (Å²) < 4.78 is 0.954.